The maximum Gasteiger partial charge on any atom is 0.343 e. The van der Waals surface area contributed by atoms with Gasteiger partial charge in [-0.1, -0.05) is 103 Å². The van der Waals surface area contributed by atoms with Gasteiger partial charge in [-0.3, -0.25) is 0 Å². The van der Waals surface area contributed by atoms with Crippen molar-refractivity contribution in [3.63, 3.8) is 0 Å². The molecule has 10 nitrogen and oxygen atoms in total. The van der Waals surface area contributed by atoms with Crippen LogP contribution < -0.4 is 18.9 Å². The molecule has 0 amide bonds. The van der Waals surface area contributed by atoms with E-state index in [0.29, 0.717) is 60.6 Å². The molecule has 0 saturated carbocycles. The molecule has 0 fully saturated rings. The second-order valence-electron chi connectivity index (χ2n) is 14.1. The fourth-order valence-electron chi connectivity index (χ4n) is 6.01. The molecular weight excluding hydrogens is 737 g/mol. The molecule has 0 bridgehead atoms. The van der Waals surface area contributed by atoms with Crippen molar-refractivity contribution in [1.29, 1.82) is 0 Å². The molecule has 314 valence electrons. The first kappa shape index (κ1) is 47.0. The van der Waals surface area contributed by atoms with E-state index in [9.17, 15) is 19.2 Å². The van der Waals surface area contributed by atoms with Crippen LogP contribution in [0.5, 0.6) is 23.0 Å². The number of carbonyl (C=O) groups is 4. The number of ether oxygens (including phenoxy) is 6. The fourth-order valence-corrected chi connectivity index (χ4v) is 6.01. The summed E-state index contributed by atoms with van der Waals surface area (Å²) in [5.41, 5.74) is 0.615. The molecule has 0 saturated heterocycles. The minimum Gasteiger partial charge on any atom is -0.494 e. The van der Waals surface area contributed by atoms with Gasteiger partial charge in [0.1, 0.15) is 23.0 Å². The quantitative estimate of drug-likeness (QED) is 0.0261. The predicted molar refractivity (Wildman–Crippen MR) is 226 cm³/mol. The zero-order chi connectivity index (χ0) is 41.5. The third-order valence-electron chi connectivity index (χ3n) is 9.36. The van der Waals surface area contributed by atoms with Crippen LogP contribution in [0.15, 0.2) is 98.1 Å². The largest absolute Gasteiger partial charge is 0.494 e. The Kier molecular flexibility index (Phi) is 24.1. The summed E-state index contributed by atoms with van der Waals surface area (Å²) in [4.78, 5) is 47.5. The zero-order valence-electron chi connectivity index (χ0n) is 34.1. The minimum atomic E-state index is -0.535. The Morgan fingerprint density at radius 1 is 0.362 bits per heavy atom. The Labute approximate surface area is 344 Å². The van der Waals surface area contributed by atoms with Gasteiger partial charge in [0.05, 0.1) is 37.6 Å². The van der Waals surface area contributed by atoms with Crippen molar-refractivity contribution in [2.75, 3.05) is 26.4 Å². The summed E-state index contributed by atoms with van der Waals surface area (Å²) in [5, 5.41) is 0. The molecule has 0 N–H and O–H groups in total. The number of esters is 4. The molecule has 3 rings (SSSR count). The number of unbranched alkanes of at least 4 members (excludes halogenated alkanes) is 16. The van der Waals surface area contributed by atoms with Crippen molar-refractivity contribution in [1.82, 2.24) is 0 Å². The Hall–Kier alpha value is -5.38. The normalized spacial score (nSPS) is 10.6. The van der Waals surface area contributed by atoms with Crippen LogP contribution in [0.3, 0.4) is 0 Å². The summed E-state index contributed by atoms with van der Waals surface area (Å²) < 4.78 is 32.7. The van der Waals surface area contributed by atoms with Crippen molar-refractivity contribution in [2.45, 2.75) is 116 Å². The lowest BCUT2D eigenvalue weighted by Crippen LogP contribution is -2.11. The first-order chi connectivity index (χ1) is 28.4. The highest BCUT2D eigenvalue weighted by molar-refractivity contribution is 5.95. The zero-order valence-corrected chi connectivity index (χ0v) is 34.1. The molecule has 0 spiro atoms. The lowest BCUT2D eigenvalue weighted by atomic mass is 10.1. The molecule has 3 aromatic rings. The van der Waals surface area contributed by atoms with Crippen LogP contribution in [0.1, 0.15) is 136 Å². The predicted octanol–water partition coefficient (Wildman–Crippen LogP) is 11.4. The van der Waals surface area contributed by atoms with Gasteiger partial charge < -0.3 is 28.4 Å². The second-order valence-corrected chi connectivity index (χ2v) is 14.1. The van der Waals surface area contributed by atoms with E-state index in [2.05, 4.69) is 13.2 Å². The van der Waals surface area contributed by atoms with Gasteiger partial charge in [-0.05, 0) is 98.5 Å². The van der Waals surface area contributed by atoms with Crippen molar-refractivity contribution < 1.29 is 47.6 Å². The van der Waals surface area contributed by atoms with Gasteiger partial charge in [0.25, 0.3) is 0 Å². The summed E-state index contributed by atoms with van der Waals surface area (Å²) in [6.45, 7) is 8.97. The Morgan fingerprint density at radius 2 is 0.621 bits per heavy atom. The molecule has 10 heteroatoms. The number of carbonyl (C=O) groups excluding carboxylic acids is 4. The van der Waals surface area contributed by atoms with E-state index >= 15 is 0 Å². The topological polar surface area (TPSA) is 124 Å². The SMILES string of the molecule is C=CC(=O)OCCCCCCCCCCCOc1ccc(OC(=O)c2ccc(C(=O)Oc3ccc(OCCCCCCCCCCCOC(=O)C=C)cc3)cc2)cc1. The van der Waals surface area contributed by atoms with E-state index in [1.807, 2.05) is 0 Å². The van der Waals surface area contributed by atoms with Gasteiger partial charge in [0.15, 0.2) is 0 Å². The van der Waals surface area contributed by atoms with E-state index < -0.39 is 11.9 Å². The van der Waals surface area contributed by atoms with Crippen LogP contribution in [0.2, 0.25) is 0 Å². The summed E-state index contributed by atoms with van der Waals surface area (Å²) in [5.74, 6) is 0.445. The van der Waals surface area contributed by atoms with Crippen molar-refractivity contribution in [3.8, 4) is 23.0 Å². The van der Waals surface area contributed by atoms with Crippen LogP contribution in [-0.4, -0.2) is 50.3 Å². The second kappa shape index (κ2) is 29.8. The average Bonchev–Trinajstić information content (AvgIpc) is 3.25. The lowest BCUT2D eigenvalue weighted by molar-refractivity contribution is -0.138. The molecule has 0 aliphatic heterocycles. The van der Waals surface area contributed by atoms with Gasteiger partial charge in [-0.2, -0.15) is 0 Å². The van der Waals surface area contributed by atoms with Crippen LogP contribution in [0.4, 0.5) is 0 Å². The summed E-state index contributed by atoms with van der Waals surface area (Å²) in [6.07, 6.45) is 22.4. The molecule has 0 atom stereocenters. The van der Waals surface area contributed by atoms with Crippen LogP contribution >= 0.6 is 0 Å². The summed E-state index contributed by atoms with van der Waals surface area (Å²) in [7, 11) is 0. The Balaban J connectivity index is 1.21. The third-order valence-corrected chi connectivity index (χ3v) is 9.36. The first-order valence-electron chi connectivity index (χ1n) is 21.0. The molecule has 0 aliphatic rings. The number of rotatable bonds is 32. The first-order valence-corrected chi connectivity index (χ1v) is 21.0. The van der Waals surface area contributed by atoms with Crippen molar-refractivity contribution >= 4 is 23.9 Å². The smallest absolute Gasteiger partial charge is 0.343 e. The highest BCUT2D eigenvalue weighted by atomic mass is 16.5. The fraction of sp³-hybridized carbons (Fsp3) is 0.458. The third kappa shape index (κ3) is 21.2. The van der Waals surface area contributed by atoms with E-state index in [-0.39, 0.29) is 11.9 Å². The maximum absolute atomic E-state index is 12.7. The number of hydrogen-bond donors (Lipinski definition) is 0. The Bertz CT molecular complexity index is 1510. The molecular formula is C48H62O10. The Morgan fingerprint density at radius 3 is 0.914 bits per heavy atom. The molecule has 0 unspecified atom stereocenters. The molecule has 3 aromatic carbocycles. The number of benzene rings is 3. The van der Waals surface area contributed by atoms with Crippen LogP contribution in [-0.2, 0) is 19.1 Å². The van der Waals surface area contributed by atoms with Gasteiger partial charge in [-0.15, -0.1) is 0 Å². The van der Waals surface area contributed by atoms with Gasteiger partial charge in [0, 0.05) is 12.2 Å². The summed E-state index contributed by atoms with van der Waals surface area (Å²) in [6, 6.07) is 20.1. The van der Waals surface area contributed by atoms with Crippen LogP contribution in [0.25, 0.3) is 0 Å². The monoisotopic (exact) mass is 798 g/mol. The highest BCUT2D eigenvalue weighted by Gasteiger charge is 2.13. The van der Waals surface area contributed by atoms with E-state index in [1.165, 1.54) is 87.8 Å². The average molecular weight is 799 g/mol. The van der Waals surface area contributed by atoms with E-state index in [4.69, 9.17) is 28.4 Å². The molecule has 0 aliphatic carbocycles. The number of hydrogen-bond acceptors (Lipinski definition) is 10. The highest BCUT2D eigenvalue weighted by Crippen LogP contribution is 2.22. The summed E-state index contributed by atoms with van der Waals surface area (Å²) >= 11 is 0. The minimum absolute atomic E-state index is 0.308. The van der Waals surface area contributed by atoms with Crippen LogP contribution in [0, 0.1) is 0 Å². The molecule has 0 heterocycles. The van der Waals surface area contributed by atoms with Crippen molar-refractivity contribution in [3.05, 3.63) is 109 Å². The van der Waals surface area contributed by atoms with Gasteiger partial charge >= 0.3 is 23.9 Å². The lowest BCUT2D eigenvalue weighted by Gasteiger charge is -2.09. The van der Waals surface area contributed by atoms with Gasteiger partial charge in [0.2, 0.25) is 0 Å². The molecule has 0 radical (unpaired) electrons. The van der Waals surface area contributed by atoms with E-state index in [0.717, 1.165) is 64.2 Å². The standard InChI is InChI=1S/C48H62O10/c1-3-45(49)55-37-21-17-13-9-5-7-11-15-19-35-53-41-27-31-43(32-28-41)57-47(51)39-23-25-40(26-24-39)48(52)58-44-33-29-42(30-34-44)54-36-20-16-12-8-6-10-14-18-22-38-56-46(50)4-2/h3-4,23-34H,1-2,5-22,35-38H2. The molecule has 0 aromatic heterocycles. The van der Waals surface area contributed by atoms with Gasteiger partial charge in [-0.25, -0.2) is 19.2 Å². The maximum atomic E-state index is 12.7. The van der Waals surface area contributed by atoms with E-state index in [1.54, 1.807) is 48.5 Å². The molecule has 58 heavy (non-hydrogen) atoms. The van der Waals surface area contributed by atoms with Crippen molar-refractivity contribution in [2.24, 2.45) is 0 Å².